The largest absolute Gasteiger partial charge is 0.325 e. The molecule has 0 aromatic heterocycles. The SMILES string of the molecule is Cc1ccc(NC(=O)CN2CCCC2c2cccc(Cl)c2)cc1. The molecule has 0 spiro atoms. The van der Waals surface area contributed by atoms with Crippen LogP contribution >= 0.6 is 11.6 Å². The highest BCUT2D eigenvalue weighted by atomic mass is 35.5. The van der Waals surface area contributed by atoms with Crippen molar-refractivity contribution in [3.63, 3.8) is 0 Å². The van der Waals surface area contributed by atoms with Crippen molar-refractivity contribution in [2.75, 3.05) is 18.4 Å². The molecule has 120 valence electrons. The molecular formula is C19H21ClN2O. The van der Waals surface area contributed by atoms with E-state index in [4.69, 9.17) is 11.6 Å². The van der Waals surface area contributed by atoms with Crippen LogP contribution in [-0.2, 0) is 4.79 Å². The number of anilines is 1. The predicted octanol–water partition coefficient (Wildman–Crippen LogP) is 4.42. The van der Waals surface area contributed by atoms with Crippen molar-refractivity contribution in [3.8, 4) is 0 Å². The second kappa shape index (κ2) is 7.16. The van der Waals surface area contributed by atoms with E-state index >= 15 is 0 Å². The molecule has 1 atom stereocenters. The lowest BCUT2D eigenvalue weighted by Gasteiger charge is -2.24. The molecule has 1 saturated heterocycles. The molecule has 1 N–H and O–H groups in total. The average molecular weight is 329 g/mol. The lowest BCUT2D eigenvalue weighted by molar-refractivity contribution is -0.117. The first-order chi connectivity index (χ1) is 11.1. The fraction of sp³-hybridized carbons (Fsp3) is 0.316. The van der Waals surface area contributed by atoms with Crippen molar-refractivity contribution in [2.24, 2.45) is 0 Å². The summed E-state index contributed by atoms with van der Waals surface area (Å²) in [6.07, 6.45) is 2.17. The molecule has 0 radical (unpaired) electrons. The fourth-order valence-electron chi connectivity index (χ4n) is 3.13. The minimum atomic E-state index is 0.0304. The standard InChI is InChI=1S/C19H21ClN2O/c1-14-7-9-17(10-8-14)21-19(23)13-22-11-3-6-18(22)15-4-2-5-16(20)12-15/h2,4-5,7-10,12,18H,3,6,11,13H2,1H3,(H,21,23). The molecular weight excluding hydrogens is 308 g/mol. The normalized spacial score (nSPS) is 18.1. The molecule has 1 aliphatic heterocycles. The molecule has 1 amide bonds. The Morgan fingerprint density at radius 2 is 2.04 bits per heavy atom. The number of benzene rings is 2. The zero-order valence-electron chi connectivity index (χ0n) is 13.3. The number of nitrogens with zero attached hydrogens (tertiary/aromatic N) is 1. The Hall–Kier alpha value is -1.84. The summed E-state index contributed by atoms with van der Waals surface area (Å²) in [5.74, 6) is 0.0304. The van der Waals surface area contributed by atoms with E-state index in [0.29, 0.717) is 6.54 Å². The Labute approximate surface area is 142 Å². The first-order valence-corrected chi connectivity index (χ1v) is 8.35. The Balaban J connectivity index is 1.64. The van der Waals surface area contributed by atoms with Crippen molar-refractivity contribution in [2.45, 2.75) is 25.8 Å². The van der Waals surface area contributed by atoms with Gasteiger partial charge in [-0.1, -0.05) is 41.4 Å². The lowest BCUT2D eigenvalue weighted by Crippen LogP contribution is -2.32. The van der Waals surface area contributed by atoms with Crippen LogP contribution in [0.3, 0.4) is 0 Å². The number of nitrogens with one attached hydrogen (secondary N) is 1. The highest BCUT2D eigenvalue weighted by Gasteiger charge is 2.27. The first kappa shape index (κ1) is 16.0. The van der Waals surface area contributed by atoms with Gasteiger partial charge in [0.1, 0.15) is 0 Å². The number of rotatable bonds is 4. The van der Waals surface area contributed by atoms with E-state index in [2.05, 4.69) is 16.3 Å². The smallest absolute Gasteiger partial charge is 0.238 e. The molecule has 1 heterocycles. The van der Waals surface area contributed by atoms with Crippen LogP contribution < -0.4 is 5.32 Å². The van der Waals surface area contributed by atoms with Crippen molar-refractivity contribution in [1.29, 1.82) is 0 Å². The minimum absolute atomic E-state index is 0.0304. The second-order valence-electron chi connectivity index (χ2n) is 6.10. The third-order valence-electron chi connectivity index (χ3n) is 4.28. The average Bonchev–Trinajstić information content (AvgIpc) is 2.97. The topological polar surface area (TPSA) is 32.3 Å². The van der Waals surface area contributed by atoms with Gasteiger partial charge in [0.15, 0.2) is 0 Å². The predicted molar refractivity (Wildman–Crippen MR) is 94.8 cm³/mol. The van der Waals surface area contributed by atoms with E-state index in [0.717, 1.165) is 30.1 Å². The van der Waals surface area contributed by atoms with Gasteiger partial charge in [0.05, 0.1) is 6.54 Å². The van der Waals surface area contributed by atoms with Crippen LogP contribution in [0, 0.1) is 6.92 Å². The van der Waals surface area contributed by atoms with Crippen LogP contribution in [0.1, 0.15) is 30.0 Å². The highest BCUT2D eigenvalue weighted by molar-refractivity contribution is 6.30. The number of carbonyl (C=O) groups excluding carboxylic acids is 1. The number of aryl methyl sites for hydroxylation is 1. The molecule has 2 aromatic carbocycles. The van der Waals surface area contributed by atoms with Gasteiger partial charge in [-0.25, -0.2) is 0 Å². The minimum Gasteiger partial charge on any atom is -0.325 e. The van der Waals surface area contributed by atoms with Crippen molar-refractivity contribution in [1.82, 2.24) is 4.90 Å². The maximum absolute atomic E-state index is 12.3. The van der Waals surface area contributed by atoms with Gasteiger partial charge in [-0.15, -0.1) is 0 Å². The Morgan fingerprint density at radius 1 is 1.26 bits per heavy atom. The van der Waals surface area contributed by atoms with Gasteiger partial charge in [-0.2, -0.15) is 0 Å². The molecule has 23 heavy (non-hydrogen) atoms. The van der Waals surface area contributed by atoms with Gasteiger partial charge in [0, 0.05) is 16.8 Å². The van der Waals surface area contributed by atoms with E-state index in [-0.39, 0.29) is 11.9 Å². The summed E-state index contributed by atoms with van der Waals surface area (Å²) in [6.45, 7) is 3.38. The summed E-state index contributed by atoms with van der Waals surface area (Å²) in [4.78, 5) is 14.5. The Bertz CT molecular complexity index is 684. The summed E-state index contributed by atoms with van der Waals surface area (Å²) < 4.78 is 0. The molecule has 4 heteroatoms. The molecule has 1 unspecified atom stereocenters. The maximum Gasteiger partial charge on any atom is 0.238 e. The summed E-state index contributed by atoms with van der Waals surface area (Å²) in [7, 11) is 0. The van der Waals surface area contributed by atoms with Crippen LogP contribution in [0.25, 0.3) is 0 Å². The quantitative estimate of drug-likeness (QED) is 0.900. The Morgan fingerprint density at radius 3 is 2.78 bits per heavy atom. The number of carbonyl (C=O) groups is 1. The molecule has 0 bridgehead atoms. The molecule has 3 rings (SSSR count). The summed E-state index contributed by atoms with van der Waals surface area (Å²) >= 11 is 6.10. The molecule has 0 aliphatic carbocycles. The maximum atomic E-state index is 12.3. The van der Waals surface area contributed by atoms with Crippen LogP contribution in [0.4, 0.5) is 5.69 Å². The van der Waals surface area contributed by atoms with Gasteiger partial charge in [0.2, 0.25) is 5.91 Å². The zero-order chi connectivity index (χ0) is 16.2. The van der Waals surface area contributed by atoms with E-state index in [1.54, 1.807) is 0 Å². The molecule has 0 saturated carbocycles. The molecule has 1 aliphatic rings. The number of amides is 1. The van der Waals surface area contributed by atoms with E-state index in [1.807, 2.05) is 49.4 Å². The Kier molecular flexibility index (Phi) is 4.99. The molecule has 3 nitrogen and oxygen atoms in total. The summed E-state index contributed by atoms with van der Waals surface area (Å²) in [6, 6.07) is 16.1. The number of hydrogen-bond donors (Lipinski definition) is 1. The zero-order valence-corrected chi connectivity index (χ0v) is 14.0. The number of likely N-dealkylation sites (tertiary alicyclic amines) is 1. The summed E-state index contributed by atoms with van der Waals surface area (Å²) in [5.41, 5.74) is 3.22. The lowest BCUT2D eigenvalue weighted by atomic mass is 10.0. The number of hydrogen-bond acceptors (Lipinski definition) is 2. The fourth-order valence-corrected chi connectivity index (χ4v) is 3.33. The summed E-state index contributed by atoms with van der Waals surface area (Å²) in [5, 5.41) is 3.72. The van der Waals surface area contributed by atoms with Crippen LogP contribution in [0.5, 0.6) is 0 Å². The van der Waals surface area contributed by atoms with E-state index < -0.39 is 0 Å². The highest BCUT2D eigenvalue weighted by Crippen LogP contribution is 2.32. The van der Waals surface area contributed by atoms with Crippen molar-refractivity contribution in [3.05, 3.63) is 64.7 Å². The van der Waals surface area contributed by atoms with E-state index in [9.17, 15) is 4.79 Å². The third-order valence-corrected chi connectivity index (χ3v) is 4.51. The second-order valence-corrected chi connectivity index (χ2v) is 6.53. The monoisotopic (exact) mass is 328 g/mol. The van der Waals surface area contributed by atoms with Gasteiger partial charge < -0.3 is 5.32 Å². The van der Waals surface area contributed by atoms with Gasteiger partial charge >= 0.3 is 0 Å². The number of halogens is 1. The van der Waals surface area contributed by atoms with Crippen molar-refractivity contribution >= 4 is 23.2 Å². The van der Waals surface area contributed by atoms with Crippen LogP contribution in [0.2, 0.25) is 5.02 Å². The molecule has 2 aromatic rings. The van der Waals surface area contributed by atoms with E-state index in [1.165, 1.54) is 11.1 Å². The van der Waals surface area contributed by atoms with Crippen LogP contribution in [0.15, 0.2) is 48.5 Å². The van der Waals surface area contributed by atoms with Gasteiger partial charge in [0.25, 0.3) is 0 Å². The van der Waals surface area contributed by atoms with Crippen molar-refractivity contribution < 1.29 is 4.79 Å². The van der Waals surface area contributed by atoms with Crippen LogP contribution in [-0.4, -0.2) is 23.9 Å². The molecule has 1 fully saturated rings. The van der Waals surface area contributed by atoms with Gasteiger partial charge in [-0.05, 0) is 56.1 Å². The first-order valence-electron chi connectivity index (χ1n) is 7.98. The van der Waals surface area contributed by atoms with Gasteiger partial charge in [-0.3, -0.25) is 9.69 Å². The third kappa shape index (κ3) is 4.12.